The Balaban J connectivity index is 1.81. The first-order chi connectivity index (χ1) is 9.88. The van der Waals surface area contributed by atoms with Gasteiger partial charge in [0.15, 0.2) is 0 Å². The molecule has 104 valence electrons. The number of aromatic nitrogens is 2. The highest BCUT2D eigenvalue weighted by Gasteiger charge is 2.13. The number of hydrogen-bond acceptors (Lipinski definition) is 3. The topological polar surface area (TPSA) is 44.9 Å². The summed E-state index contributed by atoms with van der Waals surface area (Å²) < 4.78 is 2.22. The van der Waals surface area contributed by atoms with Crippen molar-refractivity contribution in [1.29, 1.82) is 5.26 Å². The molecule has 3 rings (SSSR count). The van der Waals surface area contributed by atoms with Crippen molar-refractivity contribution in [2.45, 2.75) is 32.2 Å². The van der Waals surface area contributed by atoms with E-state index in [0.29, 0.717) is 6.42 Å². The van der Waals surface area contributed by atoms with E-state index in [1.807, 2.05) is 18.2 Å². The zero-order valence-corrected chi connectivity index (χ0v) is 11.8. The first kappa shape index (κ1) is 13.1. The molecule has 0 saturated carbocycles. The molecule has 0 atom stereocenters. The lowest BCUT2D eigenvalue weighted by atomic mass is 10.1. The number of imidazole rings is 1. The SMILES string of the molecule is N#CCc1nc2ccccc2n1CCN1CCCCC1. The minimum absolute atomic E-state index is 0.384. The molecule has 1 aliphatic heterocycles. The van der Waals surface area contributed by atoms with Crippen LogP contribution in [0.1, 0.15) is 25.1 Å². The number of rotatable bonds is 4. The van der Waals surface area contributed by atoms with E-state index in [0.717, 1.165) is 29.9 Å². The highest BCUT2D eigenvalue weighted by molar-refractivity contribution is 5.75. The molecular weight excluding hydrogens is 248 g/mol. The van der Waals surface area contributed by atoms with E-state index < -0.39 is 0 Å². The van der Waals surface area contributed by atoms with Crippen LogP contribution in [0.5, 0.6) is 0 Å². The summed E-state index contributed by atoms with van der Waals surface area (Å²) in [5.41, 5.74) is 2.14. The van der Waals surface area contributed by atoms with Crippen molar-refractivity contribution in [3.05, 3.63) is 30.1 Å². The van der Waals surface area contributed by atoms with Crippen molar-refractivity contribution in [2.24, 2.45) is 0 Å². The van der Waals surface area contributed by atoms with Gasteiger partial charge in [0.2, 0.25) is 0 Å². The predicted molar refractivity (Wildman–Crippen MR) is 79.3 cm³/mol. The Morgan fingerprint density at radius 2 is 1.90 bits per heavy atom. The molecule has 1 aromatic carbocycles. The van der Waals surface area contributed by atoms with E-state index in [-0.39, 0.29) is 0 Å². The number of benzene rings is 1. The number of nitrogens with zero attached hydrogens (tertiary/aromatic N) is 4. The number of para-hydroxylation sites is 2. The summed E-state index contributed by atoms with van der Waals surface area (Å²) in [6, 6.07) is 10.4. The smallest absolute Gasteiger partial charge is 0.124 e. The van der Waals surface area contributed by atoms with Gasteiger partial charge in [0, 0.05) is 13.1 Å². The third-order valence-corrected chi connectivity index (χ3v) is 4.06. The van der Waals surface area contributed by atoms with Gasteiger partial charge >= 0.3 is 0 Å². The average molecular weight is 268 g/mol. The Hall–Kier alpha value is -1.86. The Morgan fingerprint density at radius 3 is 2.70 bits per heavy atom. The van der Waals surface area contributed by atoms with Gasteiger partial charge in [0.1, 0.15) is 5.82 Å². The molecule has 1 aliphatic rings. The van der Waals surface area contributed by atoms with Crippen molar-refractivity contribution in [1.82, 2.24) is 14.5 Å². The maximum atomic E-state index is 8.97. The van der Waals surface area contributed by atoms with Crippen LogP contribution >= 0.6 is 0 Å². The van der Waals surface area contributed by atoms with Gasteiger partial charge in [-0.1, -0.05) is 18.6 Å². The van der Waals surface area contributed by atoms with Crippen molar-refractivity contribution in [3.63, 3.8) is 0 Å². The van der Waals surface area contributed by atoms with Crippen LogP contribution in [0, 0.1) is 11.3 Å². The molecule has 0 bridgehead atoms. The zero-order valence-electron chi connectivity index (χ0n) is 11.8. The molecule has 4 heteroatoms. The summed E-state index contributed by atoms with van der Waals surface area (Å²) in [5.74, 6) is 0.894. The molecule has 0 N–H and O–H groups in total. The summed E-state index contributed by atoms with van der Waals surface area (Å²) >= 11 is 0. The van der Waals surface area contributed by atoms with E-state index in [1.165, 1.54) is 32.4 Å². The summed E-state index contributed by atoms with van der Waals surface area (Å²) in [7, 11) is 0. The van der Waals surface area contributed by atoms with Crippen LogP contribution in [0.4, 0.5) is 0 Å². The Kier molecular flexibility index (Phi) is 3.98. The van der Waals surface area contributed by atoms with E-state index in [1.54, 1.807) is 0 Å². The number of hydrogen-bond donors (Lipinski definition) is 0. The first-order valence-corrected chi connectivity index (χ1v) is 7.42. The van der Waals surface area contributed by atoms with Gasteiger partial charge in [-0.3, -0.25) is 0 Å². The number of fused-ring (bicyclic) bond motifs is 1. The normalized spacial score (nSPS) is 16.4. The van der Waals surface area contributed by atoms with E-state index in [9.17, 15) is 0 Å². The highest BCUT2D eigenvalue weighted by atomic mass is 15.2. The fraction of sp³-hybridized carbons (Fsp3) is 0.500. The summed E-state index contributed by atoms with van der Waals surface area (Å²) in [6.45, 7) is 4.40. The second-order valence-corrected chi connectivity index (χ2v) is 5.41. The maximum absolute atomic E-state index is 8.97. The molecule has 1 saturated heterocycles. The molecule has 4 nitrogen and oxygen atoms in total. The van der Waals surface area contributed by atoms with Gasteiger partial charge in [-0.25, -0.2) is 4.98 Å². The average Bonchev–Trinajstić information content (AvgIpc) is 2.84. The minimum atomic E-state index is 0.384. The molecular formula is C16H20N4. The largest absolute Gasteiger partial charge is 0.326 e. The van der Waals surface area contributed by atoms with E-state index >= 15 is 0 Å². The maximum Gasteiger partial charge on any atom is 0.124 e. The summed E-state index contributed by atoms with van der Waals surface area (Å²) in [6.07, 6.45) is 4.38. The van der Waals surface area contributed by atoms with Gasteiger partial charge in [0.25, 0.3) is 0 Å². The van der Waals surface area contributed by atoms with Crippen LogP contribution in [-0.2, 0) is 13.0 Å². The molecule has 1 aromatic heterocycles. The lowest BCUT2D eigenvalue weighted by Crippen LogP contribution is -2.32. The summed E-state index contributed by atoms with van der Waals surface area (Å²) in [5, 5.41) is 8.97. The summed E-state index contributed by atoms with van der Waals surface area (Å²) in [4.78, 5) is 7.11. The number of piperidine rings is 1. The molecule has 0 unspecified atom stereocenters. The second-order valence-electron chi connectivity index (χ2n) is 5.41. The molecule has 2 aromatic rings. The molecule has 2 heterocycles. The predicted octanol–water partition coefficient (Wildman–Crippen LogP) is 2.59. The lowest BCUT2D eigenvalue weighted by molar-refractivity contribution is 0.221. The van der Waals surface area contributed by atoms with Crippen LogP contribution in [0.2, 0.25) is 0 Å². The standard InChI is InChI=1S/C16H20N4/c17-9-8-16-18-14-6-2-3-7-15(14)20(16)13-12-19-10-4-1-5-11-19/h2-3,6-7H,1,4-5,8,10-13H2. The van der Waals surface area contributed by atoms with Crippen LogP contribution in [0.15, 0.2) is 24.3 Å². The third-order valence-electron chi connectivity index (χ3n) is 4.06. The highest BCUT2D eigenvalue weighted by Crippen LogP contribution is 2.17. The van der Waals surface area contributed by atoms with Crippen molar-refractivity contribution in [2.75, 3.05) is 19.6 Å². The molecule has 0 radical (unpaired) electrons. The molecule has 0 aliphatic carbocycles. The monoisotopic (exact) mass is 268 g/mol. The van der Waals surface area contributed by atoms with Gasteiger partial charge in [-0.05, 0) is 38.1 Å². The van der Waals surface area contributed by atoms with Crippen LogP contribution in [0.3, 0.4) is 0 Å². The molecule has 0 amide bonds. The third kappa shape index (κ3) is 2.68. The van der Waals surface area contributed by atoms with Gasteiger partial charge in [-0.15, -0.1) is 0 Å². The van der Waals surface area contributed by atoms with Crippen LogP contribution in [-0.4, -0.2) is 34.1 Å². The minimum Gasteiger partial charge on any atom is -0.326 e. The number of nitriles is 1. The number of likely N-dealkylation sites (tertiary alicyclic amines) is 1. The van der Waals surface area contributed by atoms with Crippen LogP contribution < -0.4 is 0 Å². The second kappa shape index (κ2) is 6.06. The van der Waals surface area contributed by atoms with E-state index in [4.69, 9.17) is 5.26 Å². The van der Waals surface area contributed by atoms with Gasteiger partial charge < -0.3 is 9.47 Å². The lowest BCUT2D eigenvalue weighted by Gasteiger charge is -2.26. The van der Waals surface area contributed by atoms with Crippen molar-refractivity contribution in [3.8, 4) is 6.07 Å². The van der Waals surface area contributed by atoms with Gasteiger partial charge in [0.05, 0.1) is 23.5 Å². The van der Waals surface area contributed by atoms with Gasteiger partial charge in [-0.2, -0.15) is 5.26 Å². The molecule has 20 heavy (non-hydrogen) atoms. The Morgan fingerprint density at radius 1 is 1.10 bits per heavy atom. The quantitative estimate of drug-likeness (QED) is 0.856. The van der Waals surface area contributed by atoms with Crippen LogP contribution in [0.25, 0.3) is 11.0 Å². The van der Waals surface area contributed by atoms with Crippen molar-refractivity contribution < 1.29 is 0 Å². The fourth-order valence-corrected chi connectivity index (χ4v) is 3.00. The fourth-order valence-electron chi connectivity index (χ4n) is 3.00. The zero-order chi connectivity index (χ0) is 13.8. The molecule has 0 spiro atoms. The van der Waals surface area contributed by atoms with E-state index in [2.05, 4.69) is 26.6 Å². The Bertz CT molecular complexity index is 617. The Labute approximate surface area is 119 Å². The molecule has 1 fully saturated rings. The van der Waals surface area contributed by atoms with Crippen molar-refractivity contribution >= 4 is 11.0 Å². The first-order valence-electron chi connectivity index (χ1n) is 7.42.